The van der Waals surface area contributed by atoms with E-state index in [2.05, 4.69) is 16.8 Å². The molecule has 1 saturated heterocycles. The lowest BCUT2D eigenvalue weighted by atomic mass is 9.99. The second-order valence-electron chi connectivity index (χ2n) is 6.71. The zero-order valence-corrected chi connectivity index (χ0v) is 15.9. The highest BCUT2D eigenvalue weighted by Gasteiger charge is 2.19. The van der Waals surface area contributed by atoms with Gasteiger partial charge in [0.15, 0.2) is 11.5 Å². The van der Waals surface area contributed by atoms with Crippen LogP contribution in [0.2, 0.25) is 5.02 Å². The molecule has 1 aromatic carbocycles. The first-order valence-electron chi connectivity index (χ1n) is 9.11. The molecule has 140 valence electrons. The van der Waals surface area contributed by atoms with Crippen LogP contribution < -0.4 is 20.1 Å². The van der Waals surface area contributed by atoms with Gasteiger partial charge in [-0.2, -0.15) is 0 Å². The van der Waals surface area contributed by atoms with Crippen LogP contribution in [0, 0.1) is 5.92 Å². The number of halogens is 1. The topological polar surface area (TPSA) is 60.6 Å². The van der Waals surface area contributed by atoms with Crippen molar-refractivity contribution in [2.45, 2.75) is 25.9 Å². The van der Waals surface area contributed by atoms with Crippen molar-refractivity contribution in [3.63, 3.8) is 0 Å². The molecule has 0 radical (unpaired) electrons. The average molecular weight is 376 g/mol. The second kappa shape index (κ2) is 9.10. The monoisotopic (exact) mass is 375 g/mol. The van der Waals surface area contributed by atoms with Crippen molar-refractivity contribution in [1.82, 2.24) is 4.98 Å². The van der Waals surface area contributed by atoms with E-state index in [-0.39, 0.29) is 6.10 Å². The number of piperidine rings is 1. The van der Waals surface area contributed by atoms with Gasteiger partial charge in [0.05, 0.1) is 5.02 Å². The first-order chi connectivity index (χ1) is 12.7. The largest absolute Gasteiger partial charge is 0.486 e. The van der Waals surface area contributed by atoms with Gasteiger partial charge >= 0.3 is 0 Å². The number of rotatable bonds is 2. The number of nitrogens with zero attached hydrogens (tertiary/aromatic N) is 2. The summed E-state index contributed by atoms with van der Waals surface area (Å²) >= 11 is 6.09. The zero-order valence-electron chi connectivity index (χ0n) is 15.1. The molecule has 0 bridgehead atoms. The molecule has 4 rings (SSSR count). The molecule has 1 fully saturated rings. The van der Waals surface area contributed by atoms with Gasteiger partial charge in [-0.05, 0) is 43.0 Å². The number of fused-ring (bicyclic) bond motifs is 1. The molecule has 5 nitrogen and oxygen atoms in total. The Morgan fingerprint density at radius 1 is 1.15 bits per heavy atom. The molecule has 26 heavy (non-hydrogen) atoms. The van der Waals surface area contributed by atoms with Crippen LogP contribution in [0.5, 0.6) is 11.5 Å². The third-order valence-corrected chi connectivity index (χ3v) is 4.95. The number of aromatic nitrogens is 1. The Morgan fingerprint density at radius 3 is 2.58 bits per heavy atom. The summed E-state index contributed by atoms with van der Waals surface area (Å²) in [5.74, 6) is 3.39. The van der Waals surface area contributed by atoms with Crippen LogP contribution in [-0.2, 0) is 0 Å². The molecule has 2 aromatic rings. The lowest BCUT2D eigenvalue weighted by molar-refractivity contribution is 0.0969. The minimum atomic E-state index is -0.0000926. The summed E-state index contributed by atoms with van der Waals surface area (Å²) in [5.41, 5.74) is 5.46. The van der Waals surface area contributed by atoms with Gasteiger partial charge in [0.1, 0.15) is 18.5 Å². The maximum Gasteiger partial charge on any atom is 0.161 e. The maximum atomic E-state index is 6.09. The van der Waals surface area contributed by atoms with E-state index in [0.29, 0.717) is 13.2 Å². The third-order valence-electron chi connectivity index (χ3n) is 4.65. The van der Waals surface area contributed by atoms with Crippen LogP contribution in [0.15, 0.2) is 42.6 Å². The molecule has 1 aromatic heterocycles. The summed E-state index contributed by atoms with van der Waals surface area (Å²) in [7, 11) is 0. The number of hydrogen-bond acceptors (Lipinski definition) is 5. The Morgan fingerprint density at radius 2 is 1.88 bits per heavy atom. The number of anilines is 1. The predicted molar refractivity (Wildman–Crippen MR) is 105 cm³/mol. The molecule has 2 aliphatic rings. The van der Waals surface area contributed by atoms with Crippen molar-refractivity contribution >= 4 is 17.4 Å². The van der Waals surface area contributed by atoms with Crippen molar-refractivity contribution in [1.29, 1.82) is 0 Å². The molecule has 0 amide bonds. The van der Waals surface area contributed by atoms with Crippen molar-refractivity contribution in [2.24, 2.45) is 11.7 Å². The fourth-order valence-electron chi connectivity index (χ4n) is 3.01. The Kier molecular flexibility index (Phi) is 6.58. The summed E-state index contributed by atoms with van der Waals surface area (Å²) in [6.45, 7) is 5.51. The fourth-order valence-corrected chi connectivity index (χ4v) is 3.25. The number of ether oxygens (including phenoxy) is 2. The van der Waals surface area contributed by atoms with Crippen molar-refractivity contribution in [2.75, 3.05) is 31.1 Å². The SMILES string of the molecule is CC1CCN(c2ncccc2Cl)CC1.NCC1COc2ccccc2O1. The zero-order chi connectivity index (χ0) is 18.4. The van der Waals surface area contributed by atoms with Gasteiger partial charge in [-0.15, -0.1) is 0 Å². The molecule has 6 heteroatoms. The highest BCUT2D eigenvalue weighted by molar-refractivity contribution is 6.32. The van der Waals surface area contributed by atoms with Crippen LogP contribution in [0.3, 0.4) is 0 Å². The van der Waals surface area contributed by atoms with Gasteiger partial charge in [0, 0.05) is 25.8 Å². The lowest BCUT2D eigenvalue weighted by Gasteiger charge is -2.31. The molecule has 3 heterocycles. The van der Waals surface area contributed by atoms with Gasteiger partial charge < -0.3 is 20.1 Å². The van der Waals surface area contributed by atoms with E-state index in [1.807, 2.05) is 36.4 Å². The fraction of sp³-hybridized carbons (Fsp3) is 0.450. The number of nitrogens with two attached hydrogens (primary N) is 1. The van der Waals surface area contributed by atoms with Crippen molar-refractivity contribution < 1.29 is 9.47 Å². The van der Waals surface area contributed by atoms with Crippen LogP contribution in [0.4, 0.5) is 5.82 Å². The van der Waals surface area contributed by atoms with Gasteiger partial charge in [-0.25, -0.2) is 4.98 Å². The predicted octanol–water partition coefficient (Wildman–Crippen LogP) is 3.76. The van der Waals surface area contributed by atoms with E-state index in [9.17, 15) is 0 Å². The minimum absolute atomic E-state index is 0.0000926. The van der Waals surface area contributed by atoms with Gasteiger partial charge in [0.2, 0.25) is 0 Å². The van der Waals surface area contributed by atoms with Crippen LogP contribution in [-0.4, -0.2) is 37.3 Å². The molecule has 2 N–H and O–H groups in total. The van der Waals surface area contributed by atoms with E-state index in [4.69, 9.17) is 26.8 Å². The van der Waals surface area contributed by atoms with E-state index < -0.39 is 0 Å². The van der Waals surface area contributed by atoms with Crippen LogP contribution in [0.25, 0.3) is 0 Å². The number of para-hydroxylation sites is 2. The summed E-state index contributed by atoms with van der Waals surface area (Å²) in [4.78, 5) is 6.60. The maximum absolute atomic E-state index is 6.09. The van der Waals surface area contributed by atoms with Crippen LogP contribution >= 0.6 is 11.6 Å². The summed E-state index contributed by atoms with van der Waals surface area (Å²) in [6.07, 6.45) is 4.29. The molecular formula is C20H26ClN3O2. The Bertz CT molecular complexity index is 705. The second-order valence-corrected chi connectivity index (χ2v) is 7.12. The van der Waals surface area contributed by atoms with Gasteiger partial charge in [-0.1, -0.05) is 30.7 Å². The molecule has 1 atom stereocenters. The average Bonchev–Trinajstić information content (AvgIpc) is 2.69. The van der Waals surface area contributed by atoms with E-state index >= 15 is 0 Å². The molecule has 1 unspecified atom stereocenters. The minimum Gasteiger partial charge on any atom is -0.486 e. The summed E-state index contributed by atoms with van der Waals surface area (Å²) in [6, 6.07) is 11.4. The van der Waals surface area contributed by atoms with Crippen molar-refractivity contribution in [3.8, 4) is 11.5 Å². The smallest absolute Gasteiger partial charge is 0.161 e. The standard InChI is InChI=1S/C11H15ClN2.C9H11NO2/c1-9-4-7-14(8-5-9)11-10(12)3-2-6-13-11;10-5-7-6-11-8-3-1-2-4-9(8)12-7/h2-3,6,9H,4-5,7-8H2,1H3;1-4,7H,5-6,10H2. The van der Waals surface area contributed by atoms with E-state index in [1.54, 1.807) is 6.20 Å². The highest BCUT2D eigenvalue weighted by Crippen LogP contribution is 2.30. The first kappa shape index (κ1) is 18.8. The Hall–Kier alpha value is -1.98. The first-order valence-corrected chi connectivity index (χ1v) is 9.49. The van der Waals surface area contributed by atoms with Crippen molar-refractivity contribution in [3.05, 3.63) is 47.6 Å². The quantitative estimate of drug-likeness (QED) is 0.866. The molecular weight excluding hydrogens is 350 g/mol. The number of hydrogen-bond donors (Lipinski definition) is 1. The highest BCUT2D eigenvalue weighted by atomic mass is 35.5. The molecule has 0 spiro atoms. The molecule has 0 saturated carbocycles. The van der Waals surface area contributed by atoms with Crippen LogP contribution in [0.1, 0.15) is 19.8 Å². The Labute approximate surface area is 160 Å². The number of pyridine rings is 1. The van der Waals surface area contributed by atoms with Gasteiger partial charge in [-0.3, -0.25) is 0 Å². The molecule has 0 aliphatic carbocycles. The van der Waals surface area contributed by atoms with E-state index in [0.717, 1.165) is 41.3 Å². The lowest BCUT2D eigenvalue weighted by Crippen LogP contribution is -2.35. The Balaban J connectivity index is 0.000000152. The normalized spacial score (nSPS) is 19.5. The summed E-state index contributed by atoms with van der Waals surface area (Å²) < 4.78 is 11.0. The van der Waals surface area contributed by atoms with Gasteiger partial charge in [0.25, 0.3) is 0 Å². The van der Waals surface area contributed by atoms with E-state index in [1.165, 1.54) is 12.8 Å². The molecule has 2 aliphatic heterocycles. The number of benzene rings is 1. The third kappa shape index (κ3) is 4.80. The summed E-state index contributed by atoms with van der Waals surface area (Å²) in [5, 5.41) is 0.766.